The topological polar surface area (TPSA) is 12.9 Å². The summed E-state index contributed by atoms with van der Waals surface area (Å²) in [5.74, 6) is 0. The second-order valence-corrected chi connectivity index (χ2v) is 2.14. The van der Waals surface area contributed by atoms with E-state index in [0.717, 1.165) is 11.3 Å². The molecule has 0 aliphatic rings. The lowest BCUT2D eigenvalue weighted by molar-refractivity contribution is 1.28. The predicted molar refractivity (Wildman–Crippen MR) is 47.8 cm³/mol. The van der Waals surface area contributed by atoms with E-state index in [1.165, 1.54) is 0 Å². The van der Waals surface area contributed by atoms with Gasteiger partial charge in [-0.25, -0.2) is 0 Å². The van der Waals surface area contributed by atoms with Crippen LogP contribution in [0.3, 0.4) is 0 Å². The fourth-order valence-corrected chi connectivity index (χ4v) is 0.780. The highest BCUT2D eigenvalue weighted by molar-refractivity contribution is 5.68. The molecular weight excluding hydrogens is 134 g/mol. The molecule has 0 amide bonds. The molecule has 1 heterocycles. The zero-order valence-corrected chi connectivity index (χ0v) is 6.33. The molecule has 0 spiro atoms. The standard InChI is InChI=1S/C10H10N/c1-3-6-9(2)10-7-4-5-8-11-10/h3-8H,1-2H2/q-1. The van der Waals surface area contributed by atoms with Gasteiger partial charge in [-0.3, -0.25) is 0 Å². The second-order valence-electron chi connectivity index (χ2n) is 2.14. The minimum atomic E-state index is 0.889. The SMILES string of the molecule is C=C[CH-]C(=C)c1ccccn1. The normalized spacial score (nSPS) is 8.73. The minimum absolute atomic E-state index is 0.889. The lowest BCUT2D eigenvalue weighted by Crippen LogP contribution is -1.84. The van der Waals surface area contributed by atoms with E-state index in [2.05, 4.69) is 18.1 Å². The van der Waals surface area contributed by atoms with Gasteiger partial charge < -0.3 is 4.98 Å². The van der Waals surface area contributed by atoms with Crippen LogP contribution in [0.5, 0.6) is 0 Å². The lowest BCUT2D eigenvalue weighted by atomic mass is 10.1. The molecule has 0 bridgehead atoms. The maximum Gasteiger partial charge on any atom is 0.0160 e. The van der Waals surface area contributed by atoms with Crippen LogP contribution in [0.2, 0.25) is 0 Å². The van der Waals surface area contributed by atoms with Crippen molar-refractivity contribution in [3.63, 3.8) is 0 Å². The molecule has 0 saturated heterocycles. The van der Waals surface area contributed by atoms with Crippen molar-refractivity contribution in [2.45, 2.75) is 0 Å². The molecule has 1 nitrogen and oxygen atoms in total. The van der Waals surface area contributed by atoms with E-state index in [4.69, 9.17) is 0 Å². The summed E-state index contributed by atoms with van der Waals surface area (Å²) >= 11 is 0. The Kier molecular flexibility index (Phi) is 2.50. The highest BCUT2D eigenvalue weighted by atomic mass is 14.7. The smallest absolute Gasteiger partial charge is 0.0160 e. The van der Waals surface area contributed by atoms with Gasteiger partial charge >= 0.3 is 0 Å². The molecule has 1 aromatic heterocycles. The summed E-state index contributed by atoms with van der Waals surface area (Å²) in [5, 5.41) is 0. The van der Waals surface area contributed by atoms with Gasteiger partial charge in [-0.15, -0.1) is 12.0 Å². The Bertz CT molecular complexity index is 249. The van der Waals surface area contributed by atoms with Gasteiger partial charge in [-0.05, 0) is 11.8 Å². The Balaban J connectivity index is 2.77. The summed E-state index contributed by atoms with van der Waals surface area (Å²) in [6.45, 7) is 7.41. The Morgan fingerprint density at radius 3 is 2.91 bits per heavy atom. The molecule has 1 aromatic rings. The summed E-state index contributed by atoms with van der Waals surface area (Å²) in [6.07, 6.45) is 5.29. The first-order valence-corrected chi connectivity index (χ1v) is 3.40. The van der Waals surface area contributed by atoms with Gasteiger partial charge in [-0.1, -0.05) is 12.1 Å². The molecule has 11 heavy (non-hydrogen) atoms. The van der Waals surface area contributed by atoms with Crippen LogP contribution in [0.4, 0.5) is 0 Å². The van der Waals surface area contributed by atoms with Crippen LogP contribution >= 0.6 is 0 Å². The predicted octanol–water partition coefficient (Wildman–Crippen LogP) is 2.49. The third-order valence-electron chi connectivity index (χ3n) is 1.31. The molecule has 1 rings (SSSR count). The third-order valence-corrected chi connectivity index (χ3v) is 1.31. The molecular formula is C10H10N-. The van der Waals surface area contributed by atoms with E-state index in [9.17, 15) is 0 Å². The number of rotatable bonds is 3. The van der Waals surface area contributed by atoms with Crippen molar-refractivity contribution in [1.82, 2.24) is 4.98 Å². The van der Waals surface area contributed by atoms with Crippen molar-refractivity contribution >= 4 is 5.57 Å². The van der Waals surface area contributed by atoms with E-state index >= 15 is 0 Å². The number of nitrogens with zero attached hydrogens (tertiary/aromatic N) is 1. The van der Waals surface area contributed by atoms with Gasteiger partial charge in [0.15, 0.2) is 0 Å². The average Bonchev–Trinajstić information content (AvgIpc) is 2.07. The van der Waals surface area contributed by atoms with E-state index in [-0.39, 0.29) is 0 Å². The molecule has 0 aromatic carbocycles. The Morgan fingerprint density at radius 1 is 1.55 bits per heavy atom. The highest BCUT2D eigenvalue weighted by Gasteiger charge is 1.86. The Labute approximate surface area is 67.1 Å². The first-order valence-electron chi connectivity index (χ1n) is 3.40. The molecule has 0 atom stereocenters. The van der Waals surface area contributed by atoms with Crippen molar-refractivity contribution in [3.8, 4) is 0 Å². The van der Waals surface area contributed by atoms with Crippen LogP contribution in [-0.2, 0) is 0 Å². The summed E-state index contributed by atoms with van der Waals surface area (Å²) < 4.78 is 0. The summed E-state index contributed by atoms with van der Waals surface area (Å²) in [5.41, 5.74) is 1.79. The van der Waals surface area contributed by atoms with Gasteiger partial charge in [0.05, 0.1) is 0 Å². The van der Waals surface area contributed by atoms with Crippen molar-refractivity contribution in [2.24, 2.45) is 0 Å². The first-order chi connectivity index (χ1) is 5.34. The number of allylic oxidation sites excluding steroid dienone is 2. The Morgan fingerprint density at radius 2 is 2.36 bits per heavy atom. The fraction of sp³-hybridized carbons (Fsp3) is 0. The molecule has 0 aliphatic carbocycles. The van der Waals surface area contributed by atoms with Crippen LogP contribution < -0.4 is 0 Å². The van der Waals surface area contributed by atoms with Crippen LogP contribution in [0.15, 0.2) is 43.6 Å². The summed E-state index contributed by atoms with van der Waals surface area (Å²) in [7, 11) is 0. The largest absolute Gasteiger partial charge is 0.305 e. The van der Waals surface area contributed by atoms with Crippen LogP contribution in [0.1, 0.15) is 5.69 Å². The maximum atomic E-state index is 4.12. The van der Waals surface area contributed by atoms with Gasteiger partial charge in [0.2, 0.25) is 0 Å². The van der Waals surface area contributed by atoms with Gasteiger partial charge in [0.25, 0.3) is 0 Å². The second kappa shape index (κ2) is 3.62. The Hall–Kier alpha value is -1.50. The van der Waals surface area contributed by atoms with Gasteiger partial charge in [0.1, 0.15) is 0 Å². The van der Waals surface area contributed by atoms with Crippen LogP contribution in [-0.4, -0.2) is 4.98 Å². The van der Waals surface area contributed by atoms with Crippen LogP contribution in [0, 0.1) is 6.42 Å². The third kappa shape index (κ3) is 1.97. The summed E-state index contributed by atoms with van der Waals surface area (Å²) in [4.78, 5) is 4.12. The molecule has 1 heteroatoms. The van der Waals surface area contributed by atoms with Crippen molar-refractivity contribution in [2.75, 3.05) is 0 Å². The molecule has 0 aliphatic heterocycles. The maximum absolute atomic E-state index is 4.12. The van der Waals surface area contributed by atoms with Crippen molar-refractivity contribution in [1.29, 1.82) is 0 Å². The van der Waals surface area contributed by atoms with E-state index in [1.54, 1.807) is 12.3 Å². The first kappa shape index (κ1) is 7.61. The lowest BCUT2D eigenvalue weighted by Gasteiger charge is -2.07. The number of hydrogen-bond donors (Lipinski definition) is 0. The zero-order valence-electron chi connectivity index (χ0n) is 6.33. The minimum Gasteiger partial charge on any atom is -0.305 e. The van der Waals surface area contributed by atoms with E-state index in [0.29, 0.717) is 0 Å². The molecule has 0 fully saturated rings. The monoisotopic (exact) mass is 144 g/mol. The average molecular weight is 144 g/mol. The zero-order chi connectivity index (χ0) is 8.10. The fourth-order valence-electron chi connectivity index (χ4n) is 0.780. The van der Waals surface area contributed by atoms with Gasteiger partial charge in [-0.2, -0.15) is 19.2 Å². The molecule has 0 N–H and O–H groups in total. The number of aromatic nitrogens is 1. The van der Waals surface area contributed by atoms with Crippen molar-refractivity contribution in [3.05, 3.63) is 55.7 Å². The molecule has 0 saturated carbocycles. The number of hydrogen-bond acceptors (Lipinski definition) is 1. The highest BCUT2D eigenvalue weighted by Crippen LogP contribution is 2.10. The molecule has 0 radical (unpaired) electrons. The summed E-state index contributed by atoms with van der Waals surface area (Å²) in [6, 6.07) is 5.73. The quantitative estimate of drug-likeness (QED) is 0.594. The van der Waals surface area contributed by atoms with Crippen molar-refractivity contribution < 1.29 is 0 Å². The van der Waals surface area contributed by atoms with E-state index in [1.807, 2.05) is 24.6 Å². The molecule has 56 valence electrons. The van der Waals surface area contributed by atoms with E-state index < -0.39 is 0 Å². The number of pyridine rings is 1. The van der Waals surface area contributed by atoms with Gasteiger partial charge in [0, 0.05) is 6.20 Å². The molecule has 0 unspecified atom stereocenters. The van der Waals surface area contributed by atoms with Crippen LogP contribution in [0.25, 0.3) is 5.57 Å².